The van der Waals surface area contributed by atoms with E-state index in [0.717, 1.165) is 43.7 Å². The maximum atomic E-state index is 5.89. The molecule has 1 aromatic rings. The number of rotatable bonds is 11. The molecule has 0 saturated carbocycles. The molecule has 0 aliphatic heterocycles. The molecule has 1 unspecified atom stereocenters. The molecule has 108 valence electrons. The van der Waals surface area contributed by atoms with Gasteiger partial charge < -0.3 is 9.73 Å². The van der Waals surface area contributed by atoms with E-state index in [9.17, 15) is 0 Å². The van der Waals surface area contributed by atoms with E-state index in [2.05, 4.69) is 37.9 Å². The van der Waals surface area contributed by atoms with Crippen LogP contribution in [0.4, 0.5) is 0 Å². The van der Waals surface area contributed by atoms with Crippen molar-refractivity contribution in [2.45, 2.75) is 64.8 Å². The Bertz CT molecular complexity index is 343. The lowest BCUT2D eigenvalue weighted by Gasteiger charge is -2.16. The van der Waals surface area contributed by atoms with Crippen LogP contribution in [0.1, 0.15) is 69.9 Å². The van der Waals surface area contributed by atoms with Gasteiger partial charge in [-0.05, 0) is 44.4 Å². The molecular weight excluding hydrogens is 234 g/mol. The summed E-state index contributed by atoms with van der Waals surface area (Å²) in [6.07, 6.45) is 10.2. The minimum atomic E-state index is 0.379. The van der Waals surface area contributed by atoms with Crippen molar-refractivity contribution in [1.29, 1.82) is 0 Å². The summed E-state index contributed by atoms with van der Waals surface area (Å²) in [4.78, 5) is 0. The largest absolute Gasteiger partial charge is 0.464 e. The van der Waals surface area contributed by atoms with Crippen LogP contribution in [0, 0.1) is 0 Å². The van der Waals surface area contributed by atoms with Crippen LogP contribution >= 0.6 is 0 Å². The van der Waals surface area contributed by atoms with Crippen molar-refractivity contribution < 1.29 is 4.42 Å². The first kappa shape index (κ1) is 16.0. The fourth-order valence-corrected chi connectivity index (χ4v) is 2.25. The molecule has 1 atom stereocenters. The molecule has 0 aromatic carbocycles. The standard InChI is InChI=1S/C17H29NO/c1-4-7-8-9-10-11-16(18-14-5-2)17-13-12-15(6-3)19-17/h4,12-13,16,18H,1,5-11,14H2,2-3H3. The van der Waals surface area contributed by atoms with Crippen molar-refractivity contribution in [1.82, 2.24) is 5.32 Å². The Kier molecular flexibility index (Phi) is 8.31. The number of furan rings is 1. The van der Waals surface area contributed by atoms with Crippen molar-refractivity contribution >= 4 is 0 Å². The van der Waals surface area contributed by atoms with Gasteiger partial charge in [0.05, 0.1) is 6.04 Å². The molecule has 2 heteroatoms. The van der Waals surface area contributed by atoms with E-state index >= 15 is 0 Å². The van der Waals surface area contributed by atoms with Gasteiger partial charge in [-0.2, -0.15) is 0 Å². The van der Waals surface area contributed by atoms with Gasteiger partial charge in [0.25, 0.3) is 0 Å². The summed E-state index contributed by atoms with van der Waals surface area (Å²) in [5.74, 6) is 2.19. The maximum Gasteiger partial charge on any atom is 0.121 e. The lowest BCUT2D eigenvalue weighted by atomic mass is 10.0. The third kappa shape index (κ3) is 6.11. The van der Waals surface area contributed by atoms with E-state index in [0.29, 0.717) is 6.04 Å². The quantitative estimate of drug-likeness (QED) is 0.448. The molecule has 1 aromatic heterocycles. The van der Waals surface area contributed by atoms with E-state index in [1.165, 1.54) is 19.3 Å². The SMILES string of the molecule is C=CCCCCCC(NCCC)c1ccc(CC)o1. The predicted molar refractivity (Wildman–Crippen MR) is 82.4 cm³/mol. The van der Waals surface area contributed by atoms with E-state index in [1.807, 2.05) is 6.08 Å². The lowest BCUT2D eigenvalue weighted by molar-refractivity contribution is 0.371. The number of hydrogen-bond donors (Lipinski definition) is 1. The fourth-order valence-electron chi connectivity index (χ4n) is 2.25. The van der Waals surface area contributed by atoms with Crippen molar-refractivity contribution in [2.75, 3.05) is 6.54 Å². The Morgan fingerprint density at radius 2 is 2.11 bits per heavy atom. The van der Waals surface area contributed by atoms with Crippen LogP contribution in [0.5, 0.6) is 0 Å². The van der Waals surface area contributed by atoms with E-state index in [-0.39, 0.29) is 0 Å². The van der Waals surface area contributed by atoms with E-state index in [4.69, 9.17) is 4.42 Å². The summed E-state index contributed by atoms with van der Waals surface area (Å²) in [7, 11) is 0. The Morgan fingerprint density at radius 1 is 1.26 bits per heavy atom. The number of allylic oxidation sites excluding steroid dienone is 1. The summed E-state index contributed by atoms with van der Waals surface area (Å²) in [5, 5.41) is 3.60. The first-order valence-electron chi connectivity index (χ1n) is 7.74. The second kappa shape index (κ2) is 9.85. The monoisotopic (exact) mass is 263 g/mol. The van der Waals surface area contributed by atoms with Crippen LogP contribution in [-0.2, 0) is 6.42 Å². The zero-order valence-electron chi connectivity index (χ0n) is 12.6. The average molecular weight is 263 g/mol. The number of unbranched alkanes of at least 4 members (excludes halogenated alkanes) is 3. The molecule has 0 fully saturated rings. The third-order valence-corrected chi connectivity index (χ3v) is 3.42. The van der Waals surface area contributed by atoms with Crippen molar-refractivity contribution in [3.05, 3.63) is 36.3 Å². The second-order valence-electron chi connectivity index (χ2n) is 5.09. The van der Waals surface area contributed by atoms with Crippen molar-refractivity contribution in [2.24, 2.45) is 0 Å². The highest BCUT2D eigenvalue weighted by Crippen LogP contribution is 2.22. The Balaban J connectivity index is 2.43. The highest BCUT2D eigenvalue weighted by Gasteiger charge is 2.14. The third-order valence-electron chi connectivity index (χ3n) is 3.42. The molecule has 1 rings (SSSR count). The zero-order chi connectivity index (χ0) is 13.9. The van der Waals surface area contributed by atoms with Crippen molar-refractivity contribution in [3.63, 3.8) is 0 Å². The molecule has 2 nitrogen and oxygen atoms in total. The molecule has 0 bridgehead atoms. The first-order valence-corrected chi connectivity index (χ1v) is 7.74. The minimum Gasteiger partial charge on any atom is -0.464 e. The summed E-state index contributed by atoms with van der Waals surface area (Å²) < 4.78 is 5.89. The highest BCUT2D eigenvalue weighted by molar-refractivity contribution is 5.10. The van der Waals surface area contributed by atoms with Crippen molar-refractivity contribution in [3.8, 4) is 0 Å². The van der Waals surface area contributed by atoms with Gasteiger partial charge in [0, 0.05) is 6.42 Å². The Labute approximate surface area is 118 Å². The molecule has 0 spiro atoms. The second-order valence-corrected chi connectivity index (χ2v) is 5.09. The first-order chi connectivity index (χ1) is 9.31. The van der Waals surface area contributed by atoms with Crippen LogP contribution < -0.4 is 5.32 Å². The molecule has 0 amide bonds. The molecule has 0 aliphatic rings. The van der Waals surface area contributed by atoms with Crippen LogP contribution in [0.15, 0.2) is 29.2 Å². The van der Waals surface area contributed by atoms with Gasteiger partial charge >= 0.3 is 0 Å². The highest BCUT2D eigenvalue weighted by atomic mass is 16.3. The summed E-state index contributed by atoms with van der Waals surface area (Å²) in [6.45, 7) is 9.15. The van der Waals surface area contributed by atoms with Gasteiger partial charge in [0.2, 0.25) is 0 Å². The van der Waals surface area contributed by atoms with Gasteiger partial charge in [0.1, 0.15) is 11.5 Å². The minimum absolute atomic E-state index is 0.379. The van der Waals surface area contributed by atoms with Gasteiger partial charge in [-0.25, -0.2) is 0 Å². The molecule has 19 heavy (non-hydrogen) atoms. The number of nitrogens with one attached hydrogen (secondary N) is 1. The van der Waals surface area contributed by atoms with Gasteiger partial charge in [-0.1, -0.05) is 32.8 Å². The fraction of sp³-hybridized carbons (Fsp3) is 0.647. The normalized spacial score (nSPS) is 12.5. The van der Waals surface area contributed by atoms with Crippen LogP contribution in [0.2, 0.25) is 0 Å². The molecule has 0 saturated heterocycles. The predicted octanol–water partition coefficient (Wildman–Crippen LogP) is 5.02. The van der Waals surface area contributed by atoms with E-state index < -0.39 is 0 Å². The lowest BCUT2D eigenvalue weighted by Crippen LogP contribution is -2.21. The van der Waals surface area contributed by atoms with E-state index in [1.54, 1.807) is 0 Å². The maximum absolute atomic E-state index is 5.89. The Hall–Kier alpha value is -1.02. The Morgan fingerprint density at radius 3 is 2.74 bits per heavy atom. The van der Waals surface area contributed by atoms with Crippen LogP contribution in [0.3, 0.4) is 0 Å². The summed E-state index contributed by atoms with van der Waals surface area (Å²) in [6, 6.07) is 4.62. The van der Waals surface area contributed by atoms with Crippen LogP contribution in [0.25, 0.3) is 0 Å². The van der Waals surface area contributed by atoms with Crippen LogP contribution in [-0.4, -0.2) is 6.54 Å². The molecule has 1 heterocycles. The number of aryl methyl sites for hydroxylation is 1. The molecule has 1 N–H and O–H groups in total. The summed E-state index contributed by atoms with van der Waals surface area (Å²) >= 11 is 0. The smallest absolute Gasteiger partial charge is 0.121 e. The zero-order valence-corrected chi connectivity index (χ0v) is 12.6. The molecular formula is C17H29NO. The summed E-state index contributed by atoms with van der Waals surface area (Å²) in [5.41, 5.74) is 0. The van der Waals surface area contributed by atoms with Gasteiger partial charge in [-0.3, -0.25) is 0 Å². The topological polar surface area (TPSA) is 25.2 Å². The average Bonchev–Trinajstić information content (AvgIpc) is 2.90. The van der Waals surface area contributed by atoms with Gasteiger partial charge in [0.15, 0.2) is 0 Å². The molecule has 0 aliphatic carbocycles. The van der Waals surface area contributed by atoms with Gasteiger partial charge in [-0.15, -0.1) is 6.58 Å². The number of hydrogen-bond acceptors (Lipinski definition) is 2. The molecule has 0 radical (unpaired) electrons.